The first-order valence-corrected chi connectivity index (χ1v) is 6.82. The smallest absolute Gasteiger partial charge is 0.243 e. The maximum absolute atomic E-state index is 12.0. The average Bonchev–Trinajstić information content (AvgIpc) is 2.50. The molecule has 3 amide bonds. The normalized spacial score (nSPS) is 20.9. The Labute approximate surface area is 119 Å². The predicted molar refractivity (Wildman–Crippen MR) is 75.8 cm³/mol. The molecule has 1 saturated heterocycles. The first kappa shape index (κ1) is 16.0. The highest BCUT2D eigenvalue weighted by molar-refractivity contribution is 7.81. The van der Waals surface area contributed by atoms with Crippen LogP contribution in [-0.2, 0) is 14.4 Å². The molecule has 5 nitrogen and oxygen atoms in total. The minimum Gasteiger partial charge on any atom is -0.359 e. The Kier molecular flexibility index (Phi) is 4.34. The minimum absolute atomic E-state index is 0.109. The first-order chi connectivity index (χ1) is 8.53. The van der Waals surface area contributed by atoms with Gasteiger partial charge in [-0.2, -0.15) is 12.6 Å². The molecule has 1 rings (SSSR count). The standard InChI is InChI=1S/C13H22N2O3S/c1-12(2,11(18)14-5)7-13(3,4)15-9(16)6-8(19)10(15)17/h8,19H,6-7H2,1-5H3,(H,14,18). The summed E-state index contributed by atoms with van der Waals surface area (Å²) in [5.41, 5.74) is -1.37. The number of amides is 3. The lowest BCUT2D eigenvalue weighted by Gasteiger charge is -2.39. The molecule has 1 aliphatic rings. The largest absolute Gasteiger partial charge is 0.359 e. The van der Waals surface area contributed by atoms with Crippen LogP contribution in [-0.4, -0.2) is 40.5 Å². The SMILES string of the molecule is CNC(=O)C(C)(C)CC(C)(C)N1C(=O)CC(S)C1=O. The van der Waals surface area contributed by atoms with Crippen LogP contribution >= 0.6 is 12.6 Å². The van der Waals surface area contributed by atoms with E-state index in [0.717, 1.165) is 0 Å². The van der Waals surface area contributed by atoms with Crippen LogP contribution in [0, 0.1) is 5.41 Å². The second kappa shape index (κ2) is 5.15. The van der Waals surface area contributed by atoms with Gasteiger partial charge in [0, 0.05) is 24.4 Å². The van der Waals surface area contributed by atoms with Crippen LogP contribution in [0.4, 0.5) is 0 Å². The average molecular weight is 286 g/mol. The van der Waals surface area contributed by atoms with Crippen molar-refractivity contribution in [3.8, 4) is 0 Å². The van der Waals surface area contributed by atoms with Gasteiger partial charge in [-0.05, 0) is 20.3 Å². The lowest BCUT2D eigenvalue weighted by molar-refractivity contribution is -0.147. The number of thiol groups is 1. The maximum atomic E-state index is 12.0. The van der Waals surface area contributed by atoms with E-state index in [2.05, 4.69) is 17.9 Å². The van der Waals surface area contributed by atoms with E-state index in [0.29, 0.717) is 6.42 Å². The van der Waals surface area contributed by atoms with E-state index < -0.39 is 16.2 Å². The third kappa shape index (κ3) is 3.11. The minimum atomic E-state index is -0.707. The second-order valence-corrected chi connectivity index (χ2v) is 6.86. The van der Waals surface area contributed by atoms with Crippen LogP contribution in [0.5, 0.6) is 0 Å². The molecule has 108 valence electrons. The van der Waals surface area contributed by atoms with Crippen LogP contribution in [0.1, 0.15) is 40.5 Å². The Morgan fingerprint density at radius 2 is 1.89 bits per heavy atom. The fraction of sp³-hybridized carbons (Fsp3) is 0.769. The van der Waals surface area contributed by atoms with Gasteiger partial charge in [0.05, 0.1) is 5.25 Å². The number of rotatable bonds is 4. The summed E-state index contributed by atoms with van der Waals surface area (Å²) in [7, 11) is 1.58. The third-order valence-corrected chi connectivity index (χ3v) is 3.85. The Hall–Kier alpha value is -1.04. The summed E-state index contributed by atoms with van der Waals surface area (Å²) < 4.78 is 0. The monoisotopic (exact) mass is 286 g/mol. The summed E-state index contributed by atoms with van der Waals surface area (Å²) in [6.45, 7) is 7.21. The number of likely N-dealkylation sites (tertiary alicyclic amines) is 1. The summed E-state index contributed by atoms with van der Waals surface area (Å²) >= 11 is 4.12. The van der Waals surface area contributed by atoms with Crippen LogP contribution in [0.15, 0.2) is 0 Å². The molecule has 1 atom stereocenters. The first-order valence-electron chi connectivity index (χ1n) is 6.30. The summed E-state index contributed by atoms with van der Waals surface area (Å²) in [6, 6.07) is 0. The van der Waals surface area contributed by atoms with Crippen molar-refractivity contribution in [3.05, 3.63) is 0 Å². The van der Waals surface area contributed by atoms with Crippen molar-refractivity contribution in [1.82, 2.24) is 10.2 Å². The number of carbonyl (C=O) groups is 3. The molecule has 0 radical (unpaired) electrons. The molecule has 19 heavy (non-hydrogen) atoms. The topological polar surface area (TPSA) is 66.5 Å². The van der Waals surface area contributed by atoms with Crippen molar-refractivity contribution < 1.29 is 14.4 Å². The summed E-state index contributed by atoms with van der Waals surface area (Å²) in [6.07, 6.45) is 0.531. The van der Waals surface area contributed by atoms with Crippen molar-refractivity contribution in [3.63, 3.8) is 0 Å². The molecule has 6 heteroatoms. The van der Waals surface area contributed by atoms with E-state index in [1.54, 1.807) is 34.7 Å². The molecular formula is C13H22N2O3S. The van der Waals surface area contributed by atoms with Gasteiger partial charge < -0.3 is 5.32 Å². The fourth-order valence-electron chi connectivity index (χ4n) is 2.83. The van der Waals surface area contributed by atoms with E-state index in [-0.39, 0.29) is 24.1 Å². The van der Waals surface area contributed by atoms with Crippen molar-refractivity contribution in [2.24, 2.45) is 5.41 Å². The van der Waals surface area contributed by atoms with E-state index in [1.165, 1.54) is 4.90 Å². The van der Waals surface area contributed by atoms with Gasteiger partial charge in [-0.15, -0.1) is 0 Å². The Bertz CT molecular complexity index is 418. The van der Waals surface area contributed by atoms with Crippen LogP contribution < -0.4 is 5.32 Å². The quantitative estimate of drug-likeness (QED) is 0.598. The fourth-order valence-corrected chi connectivity index (χ4v) is 3.10. The zero-order valence-corrected chi connectivity index (χ0v) is 13.0. The Morgan fingerprint density at radius 1 is 1.37 bits per heavy atom. The van der Waals surface area contributed by atoms with Crippen molar-refractivity contribution in [2.45, 2.75) is 51.3 Å². The summed E-state index contributed by atoms with van der Waals surface area (Å²) in [5.74, 6) is -0.601. The Balaban J connectivity index is 2.96. The molecule has 0 aromatic rings. The molecule has 0 aliphatic carbocycles. The van der Waals surface area contributed by atoms with Crippen molar-refractivity contribution in [1.29, 1.82) is 0 Å². The van der Waals surface area contributed by atoms with E-state index in [1.807, 2.05) is 0 Å². The highest BCUT2D eigenvalue weighted by Gasteiger charge is 2.47. The van der Waals surface area contributed by atoms with Gasteiger partial charge in [-0.3, -0.25) is 19.3 Å². The van der Waals surface area contributed by atoms with Crippen molar-refractivity contribution in [2.75, 3.05) is 7.05 Å². The lowest BCUT2D eigenvalue weighted by Crippen LogP contribution is -2.52. The van der Waals surface area contributed by atoms with Gasteiger partial charge in [0.2, 0.25) is 17.7 Å². The highest BCUT2D eigenvalue weighted by atomic mass is 32.1. The van der Waals surface area contributed by atoms with E-state index in [4.69, 9.17) is 0 Å². The van der Waals surface area contributed by atoms with Gasteiger partial charge in [-0.1, -0.05) is 13.8 Å². The lowest BCUT2D eigenvalue weighted by atomic mass is 9.78. The molecular weight excluding hydrogens is 264 g/mol. The molecule has 0 spiro atoms. The number of nitrogens with one attached hydrogen (secondary N) is 1. The molecule has 0 aromatic heterocycles. The number of carbonyl (C=O) groups excluding carboxylic acids is 3. The molecule has 1 fully saturated rings. The van der Waals surface area contributed by atoms with E-state index >= 15 is 0 Å². The molecule has 1 heterocycles. The number of hydrogen-bond acceptors (Lipinski definition) is 4. The number of nitrogens with zero attached hydrogens (tertiary/aromatic N) is 1. The van der Waals surface area contributed by atoms with Crippen LogP contribution in [0.2, 0.25) is 0 Å². The third-order valence-electron chi connectivity index (χ3n) is 3.44. The van der Waals surface area contributed by atoms with E-state index in [9.17, 15) is 14.4 Å². The van der Waals surface area contributed by atoms with Gasteiger partial charge in [0.25, 0.3) is 0 Å². The second-order valence-electron chi connectivity index (χ2n) is 6.24. The summed E-state index contributed by atoms with van der Waals surface area (Å²) in [4.78, 5) is 37.0. The molecule has 0 saturated carbocycles. The zero-order valence-electron chi connectivity index (χ0n) is 12.1. The maximum Gasteiger partial charge on any atom is 0.243 e. The van der Waals surface area contributed by atoms with Gasteiger partial charge >= 0.3 is 0 Å². The number of hydrogen-bond donors (Lipinski definition) is 2. The number of imide groups is 1. The Morgan fingerprint density at radius 3 is 2.26 bits per heavy atom. The summed E-state index contributed by atoms with van der Waals surface area (Å²) in [5, 5.41) is 2.05. The zero-order chi connectivity index (χ0) is 15.0. The van der Waals surface area contributed by atoms with Crippen LogP contribution in [0.3, 0.4) is 0 Å². The molecule has 1 aliphatic heterocycles. The van der Waals surface area contributed by atoms with Gasteiger partial charge in [-0.25, -0.2) is 0 Å². The van der Waals surface area contributed by atoms with Gasteiger partial charge in [0.1, 0.15) is 0 Å². The molecule has 0 bridgehead atoms. The van der Waals surface area contributed by atoms with Gasteiger partial charge in [0.15, 0.2) is 0 Å². The molecule has 1 unspecified atom stereocenters. The highest BCUT2D eigenvalue weighted by Crippen LogP contribution is 2.35. The molecule has 0 aromatic carbocycles. The van der Waals surface area contributed by atoms with Crippen LogP contribution in [0.25, 0.3) is 0 Å². The molecule has 1 N–H and O–H groups in total. The predicted octanol–water partition coefficient (Wildman–Crippen LogP) is 0.985. The van der Waals surface area contributed by atoms with Crippen molar-refractivity contribution >= 4 is 30.4 Å².